The van der Waals surface area contributed by atoms with E-state index in [0.717, 1.165) is 41.5 Å². The highest BCUT2D eigenvalue weighted by atomic mass is 32.2. The second kappa shape index (κ2) is 10.4. The number of rotatable bonds is 7. The van der Waals surface area contributed by atoms with Crippen molar-refractivity contribution in [2.75, 3.05) is 19.7 Å². The Hall–Kier alpha value is -2.38. The average Bonchev–Trinajstić information content (AvgIpc) is 3.00. The average molecular weight is 415 g/mol. The highest BCUT2D eigenvalue weighted by molar-refractivity contribution is 8.18. The molecule has 7 heteroatoms. The van der Waals surface area contributed by atoms with Gasteiger partial charge in [0.15, 0.2) is 0 Å². The molecule has 29 heavy (non-hydrogen) atoms. The fourth-order valence-corrected chi connectivity index (χ4v) is 4.46. The summed E-state index contributed by atoms with van der Waals surface area (Å²) in [5, 5.41) is 8.87. The number of carbonyl (C=O) groups is 3. The molecule has 0 bridgehead atoms. The van der Waals surface area contributed by atoms with Gasteiger partial charge in [0.05, 0.1) is 4.91 Å². The van der Waals surface area contributed by atoms with Crippen molar-refractivity contribution in [3.8, 4) is 0 Å². The molecule has 1 aromatic carbocycles. The van der Waals surface area contributed by atoms with Gasteiger partial charge < -0.3 is 10.0 Å². The summed E-state index contributed by atoms with van der Waals surface area (Å²) in [5.41, 5.74) is 1.01. The molecule has 1 atom stereocenters. The van der Waals surface area contributed by atoms with E-state index in [9.17, 15) is 19.5 Å². The number of hydrogen-bond donors (Lipinski definition) is 1. The summed E-state index contributed by atoms with van der Waals surface area (Å²) in [6.45, 7) is 0.819. The molecule has 2 heterocycles. The fraction of sp³-hybridized carbons (Fsp3) is 0.409. The van der Waals surface area contributed by atoms with Crippen LogP contribution < -0.4 is 0 Å². The second-order valence-corrected chi connectivity index (χ2v) is 8.12. The Morgan fingerprint density at radius 2 is 2.00 bits per heavy atom. The van der Waals surface area contributed by atoms with Crippen molar-refractivity contribution < 1.29 is 19.5 Å². The number of aliphatic hydroxyl groups is 1. The van der Waals surface area contributed by atoms with Crippen LogP contribution in [0.2, 0.25) is 0 Å². The molecule has 2 aliphatic rings. The van der Waals surface area contributed by atoms with E-state index < -0.39 is 0 Å². The summed E-state index contributed by atoms with van der Waals surface area (Å²) in [6, 6.07) is 9.74. The molecule has 2 saturated heterocycles. The largest absolute Gasteiger partial charge is 0.396 e. The van der Waals surface area contributed by atoms with Crippen molar-refractivity contribution in [2.45, 2.75) is 38.1 Å². The number of thioether (sulfide) groups is 1. The van der Waals surface area contributed by atoms with Gasteiger partial charge in [0.25, 0.3) is 11.1 Å². The van der Waals surface area contributed by atoms with Gasteiger partial charge in [-0.15, -0.1) is 0 Å². The normalized spacial score (nSPS) is 21.6. The van der Waals surface area contributed by atoms with Crippen LogP contribution in [-0.2, 0) is 9.59 Å². The van der Waals surface area contributed by atoms with Crippen LogP contribution in [0.25, 0.3) is 6.08 Å². The number of benzene rings is 1. The molecule has 3 amide bonds. The molecule has 1 N–H and O–H groups in total. The summed E-state index contributed by atoms with van der Waals surface area (Å²) in [7, 11) is 0. The van der Waals surface area contributed by atoms with Crippen LogP contribution in [0.5, 0.6) is 0 Å². The number of carbonyl (C=O) groups excluding carboxylic acids is 3. The molecular weight excluding hydrogens is 388 g/mol. The summed E-state index contributed by atoms with van der Waals surface area (Å²) in [6.07, 6.45) is 8.85. The van der Waals surface area contributed by atoms with E-state index in [1.165, 1.54) is 0 Å². The van der Waals surface area contributed by atoms with Crippen molar-refractivity contribution in [2.24, 2.45) is 0 Å². The number of aliphatic hydroxyl groups excluding tert-OH is 1. The van der Waals surface area contributed by atoms with Crippen molar-refractivity contribution in [1.29, 1.82) is 0 Å². The summed E-state index contributed by atoms with van der Waals surface area (Å²) < 4.78 is 0. The smallest absolute Gasteiger partial charge is 0.293 e. The van der Waals surface area contributed by atoms with E-state index in [-0.39, 0.29) is 42.7 Å². The molecule has 0 aliphatic carbocycles. The number of piperidine rings is 1. The molecule has 0 aromatic heterocycles. The predicted molar refractivity (Wildman–Crippen MR) is 114 cm³/mol. The van der Waals surface area contributed by atoms with Gasteiger partial charge in [-0.3, -0.25) is 19.3 Å². The molecule has 1 unspecified atom stereocenters. The Morgan fingerprint density at radius 1 is 1.21 bits per heavy atom. The summed E-state index contributed by atoms with van der Waals surface area (Å²) >= 11 is 0.902. The Labute approximate surface area is 175 Å². The second-order valence-electron chi connectivity index (χ2n) is 7.12. The van der Waals surface area contributed by atoms with Crippen molar-refractivity contribution in [3.63, 3.8) is 0 Å². The third kappa shape index (κ3) is 5.58. The first kappa shape index (κ1) is 21.3. The van der Waals surface area contributed by atoms with Crippen molar-refractivity contribution >= 4 is 34.9 Å². The molecule has 0 spiro atoms. The van der Waals surface area contributed by atoms with Gasteiger partial charge in [0.1, 0.15) is 0 Å². The van der Waals surface area contributed by atoms with E-state index in [1.807, 2.05) is 36.4 Å². The molecular formula is C22H26N2O4S. The third-order valence-corrected chi connectivity index (χ3v) is 6.09. The highest BCUT2D eigenvalue weighted by Crippen LogP contribution is 2.31. The lowest BCUT2D eigenvalue weighted by atomic mass is 9.99. The molecule has 3 rings (SSSR count). The molecule has 1 aromatic rings. The predicted octanol–water partition coefficient (Wildman–Crippen LogP) is 3.43. The molecule has 154 valence electrons. The number of amides is 3. The van der Waals surface area contributed by atoms with Crippen LogP contribution in [0.1, 0.15) is 37.7 Å². The van der Waals surface area contributed by atoms with Gasteiger partial charge in [-0.25, -0.2) is 0 Å². The third-order valence-electron chi connectivity index (χ3n) is 5.17. The van der Waals surface area contributed by atoms with Crippen LogP contribution in [0.4, 0.5) is 4.79 Å². The van der Waals surface area contributed by atoms with Gasteiger partial charge in [-0.2, -0.15) is 0 Å². The minimum atomic E-state index is -0.351. The minimum absolute atomic E-state index is 0.0544. The number of imide groups is 1. The quantitative estimate of drug-likeness (QED) is 0.692. The topological polar surface area (TPSA) is 77.9 Å². The van der Waals surface area contributed by atoms with E-state index in [4.69, 9.17) is 0 Å². The van der Waals surface area contributed by atoms with Crippen LogP contribution in [0.3, 0.4) is 0 Å². The Morgan fingerprint density at radius 3 is 2.76 bits per heavy atom. The van der Waals surface area contributed by atoms with Crippen molar-refractivity contribution in [3.05, 3.63) is 53.0 Å². The van der Waals surface area contributed by atoms with E-state index in [0.29, 0.717) is 17.9 Å². The van der Waals surface area contributed by atoms with Crippen LogP contribution in [0.15, 0.2) is 47.4 Å². The Bertz CT molecular complexity index is 804. The lowest BCUT2D eigenvalue weighted by Crippen LogP contribution is -2.45. The van der Waals surface area contributed by atoms with Gasteiger partial charge in [-0.05, 0) is 49.1 Å². The van der Waals surface area contributed by atoms with Gasteiger partial charge >= 0.3 is 0 Å². The zero-order chi connectivity index (χ0) is 20.6. The zero-order valence-electron chi connectivity index (χ0n) is 16.3. The Kier molecular flexibility index (Phi) is 7.66. The molecule has 6 nitrogen and oxygen atoms in total. The standard InChI is InChI=1S/C22H26N2O4S/c25-16-13-18-10-4-5-14-23(18)20(26)12-15-24-21(27)19(29-22(24)28)11-6-9-17-7-2-1-3-8-17/h1-3,6-9,11,18,25H,4-5,10,12-16H2. The number of likely N-dealkylation sites (tertiary alicyclic amines) is 1. The maximum absolute atomic E-state index is 12.6. The van der Waals surface area contributed by atoms with E-state index in [2.05, 4.69) is 0 Å². The lowest BCUT2D eigenvalue weighted by Gasteiger charge is -2.36. The van der Waals surface area contributed by atoms with Gasteiger partial charge in [0.2, 0.25) is 5.91 Å². The van der Waals surface area contributed by atoms with Crippen LogP contribution in [0, 0.1) is 0 Å². The monoisotopic (exact) mass is 414 g/mol. The summed E-state index contributed by atoms with van der Waals surface area (Å²) in [5.74, 6) is -0.411. The zero-order valence-corrected chi connectivity index (χ0v) is 17.1. The molecule has 2 aliphatic heterocycles. The maximum atomic E-state index is 12.6. The van der Waals surface area contributed by atoms with Crippen LogP contribution in [-0.4, -0.2) is 57.7 Å². The van der Waals surface area contributed by atoms with E-state index >= 15 is 0 Å². The van der Waals surface area contributed by atoms with E-state index in [1.54, 1.807) is 17.1 Å². The van der Waals surface area contributed by atoms with Gasteiger partial charge in [0, 0.05) is 32.2 Å². The first-order valence-corrected chi connectivity index (χ1v) is 10.8. The number of nitrogens with zero attached hydrogens (tertiary/aromatic N) is 2. The molecule has 0 saturated carbocycles. The first-order chi connectivity index (χ1) is 14.1. The SMILES string of the molecule is O=C1SC(=CC=Cc2ccccc2)C(=O)N1CCC(=O)N1CCCCC1CCO. The lowest BCUT2D eigenvalue weighted by molar-refractivity contribution is -0.135. The highest BCUT2D eigenvalue weighted by Gasteiger charge is 2.35. The minimum Gasteiger partial charge on any atom is -0.396 e. The van der Waals surface area contributed by atoms with Crippen molar-refractivity contribution in [1.82, 2.24) is 9.80 Å². The molecule has 0 radical (unpaired) electrons. The number of allylic oxidation sites excluding steroid dienone is 2. The molecule has 2 fully saturated rings. The van der Waals surface area contributed by atoms with Gasteiger partial charge in [-0.1, -0.05) is 42.5 Å². The first-order valence-electron chi connectivity index (χ1n) is 9.97. The summed E-state index contributed by atoms with van der Waals surface area (Å²) in [4.78, 5) is 40.7. The Balaban J connectivity index is 1.56. The fourth-order valence-electron chi connectivity index (χ4n) is 3.65. The number of hydrogen-bond acceptors (Lipinski definition) is 5. The maximum Gasteiger partial charge on any atom is 0.293 e. The van der Waals surface area contributed by atoms with Crippen LogP contribution >= 0.6 is 11.8 Å².